The highest BCUT2D eigenvalue weighted by Gasteiger charge is 2.20. The van der Waals surface area contributed by atoms with Crippen LogP contribution in [0.1, 0.15) is 6.92 Å². The monoisotopic (exact) mass is 255 g/mol. The first-order valence-electron chi connectivity index (χ1n) is 4.87. The van der Waals surface area contributed by atoms with Crippen LogP contribution in [0.4, 0.5) is 4.39 Å². The van der Waals surface area contributed by atoms with Crippen LogP contribution in [0.5, 0.6) is 5.75 Å². The minimum atomic E-state index is -3.37. The fourth-order valence-electron chi connectivity index (χ4n) is 1.34. The number of nitrogens with zero attached hydrogens (tertiary/aromatic N) is 1. The molecule has 6 heteroatoms. The van der Waals surface area contributed by atoms with Crippen molar-refractivity contribution < 1.29 is 17.5 Å². The van der Waals surface area contributed by atoms with Crippen LogP contribution in [0, 0.1) is 5.82 Å². The first-order valence-corrected chi connectivity index (χ1v) is 6.42. The normalized spacial score (nSPS) is 17.5. The summed E-state index contributed by atoms with van der Waals surface area (Å²) in [6.45, 7) is 1.33. The van der Waals surface area contributed by atoms with Gasteiger partial charge in [-0.05, 0) is 19.1 Å². The van der Waals surface area contributed by atoms with Gasteiger partial charge in [0.1, 0.15) is 11.7 Å². The lowest BCUT2D eigenvalue weighted by Crippen LogP contribution is -2.01. The Morgan fingerprint density at radius 3 is 2.65 bits per heavy atom. The van der Waals surface area contributed by atoms with Gasteiger partial charge in [0.25, 0.3) is 0 Å². The standard InChI is InChI=1S/C11H10FNO3S/c1-8-13-9(7-17(8,14)15)6-16-11-5-3-2-4-10(11)12/h2-5,7H,6H2,1H3. The van der Waals surface area contributed by atoms with Crippen molar-refractivity contribution in [2.75, 3.05) is 6.61 Å². The van der Waals surface area contributed by atoms with Gasteiger partial charge in [-0.3, -0.25) is 0 Å². The van der Waals surface area contributed by atoms with Gasteiger partial charge in [-0.2, -0.15) is 0 Å². The number of hydrogen-bond donors (Lipinski definition) is 0. The Hall–Kier alpha value is -1.69. The van der Waals surface area contributed by atoms with Crippen molar-refractivity contribution in [2.24, 2.45) is 4.99 Å². The molecule has 1 aromatic carbocycles. The minimum Gasteiger partial charge on any atom is -0.484 e. The topological polar surface area (TPSA) is 55.7 Å². The lowest BCUT2D eigenvalue weighted by atomic mass is 10.3. The Morgan fingerprint density at radius 2 is 2.06 bits per heavy atom. The maximum atomic E-state index is 13.2. The number of rotatable bonds is 3. The lowest BCUT2D eigenvalue weighted by Gasteiger charge is -2.05. The third-order valence-corrected chi connectivity index (χ3v) is 3.71. The molecule has 17 heavy (non-hydrogen) atoms. The van der Waals surface area contributed by atoms with E-state index < -0.39 is 15.7 Å². The van der Waals surface area contributed by atoms with Crippen LogP contribution < -0.4 is 4.74 Å². The highest BCUT2D eigenvalue weighted by Crippen LogP contribution is 2.19. The highest BCUT2D eigenvalue weighted by atomic mass is 32.2. The van der Waals surface area contributed by atoms with Crippen LogP contribution in [-0.2, 0) is 9.84 Å². The van der Waals surface area contributed by atoms with Gasteiger partial charge in [0, 0.05) is 0 Å². The predicted octanol–water partition coefficient (Wildman–Crippen LogP) is 1.89. The average Bonchev–Trinajstić information content (AvgIpc) is 2.52. The van der Waals surface area contributed by atoms with Crippen molar-refractivity contribution in [3.63, 3.8) is 0 Å². The van der Waals surface area contributed by atoms with E-state index in [4.69, 9.17) is 4.74 Å². The maximum Gasteiger partial charge on any atom is 0.214 e. The van der Waals surface area contributed by atoms with Gasteiger partial charge >= 0.3 is 0 Å². The summed E-state index contributed by atoms with van der Waals surface area (Å²) < 4.78 is 41.0. The van der Waals surface area contributed by atoms with Gasteiger partial charge < -0.3 is 4.74 Å². The van der Waals surface area contributed by atoms with E-state index in [1.54, 1.807) is 12.1 Å². The maximum absolute atomic E-state index is 13.2. The van der Waals surface area contributed by atoms with Gasteiger partial charge in [-0.1, -0.05) is 12.1 Å². The van der Waals surface area contributed by atoms with Gasteiger partial charge in [0.2, 0.25) is 9.84 Å². The zero-order valence-corrected chi connectivity index (χ0v) is 9.87. The second-order valence-corrected chi connectivity index (χ2v) is 5.42. The Bertz CT molecular complexity index is 605. The first kappa shape index (κ1) is 11.8. The smallest absolute Gasteiger partial charge is 0.214 e. The second kappa shape index (κ2) is 4.29. The molecule has 0 bridgehead atoms. The number of ether oxygens (including phenoxy) is 1. The molecule has 4 nitrogen and oxygen atoms in total. The summed E-state index contributed by atoms with van der Waals surface area (Å²) >= 11 is 0. The predicted molar refractivity (Wildman–Crippen MR) is 62.0 cm³/mol. The molecule has 0 N–H and O–H groups in total. The number of benzene rings is 1. The van der Waals surface area contributed by atoms with Crippen LogP contribution in [0.25, 0.3) is 0 Å². The summed E-state index contributed by atoms with van der Waals surface area (Å²) in [6.07, 6.45) is 0. The highest BCUT2D eigenvalue weighted by molar-refractivity contribution is 8.09. The molecular weight excluding hydrogens is 245 g/mol. The average molecular weight is 255 g/mol. The van der Waals surface area contributed by atoms with Crippen LogP contribution >= 0.6 is 0 Å². The largest absolute Gasteiger partial charge is 0.484 e. The molecule has 0 aliphatic carbocycles. The summed E-state index contributed by atoms with van der Waals surface area (Å²) in [5, 5.41) is 1.06. The molecule has 0 radical (unpaired) electrons. The van der Waals surface area contributed by atoms with Gasteiger partial charge in [-0.25, -0.2) is 17.8 Å². The molecule has 0 saturated carbocycles. The third-order valence-electron chi connectivity index (χ3n) is 2.22. The molecule has 0 saturated heterocycles. The van der Waals surface area contributed by atoms with Crippen LogP contribution in [-0.4, -0.2) is 20.1 Å². The molecule has 1 aliphatic heterocycles. The third kappa shape index (κ3) is 2.52. The van der Waals surface area contributed by atoms with Crippen LogP contribution in [0.3, 0.4) is 0 Å². The lowest BCUT2D eigenvalue weighted by molar-refractivity contribution is 0.331. The van der Waals surface area contributed by atoms with Gasteiger partial charge in [-0.15, -0.1) is 0 Å². The molecule has 2 rings (SSSR count). The second-order valence-electron chi connectivity index (χ2n) is 3.50. The molecule has 0 atom stereocenters. The Kier molecular flexibility index (Phi) is 2.97. The molecule has 0 unspecified atom stereocenters. The Labute approximate surface area is 98.4 Å². The molecule has 0 spiro atoms. The zero-order valence-electron chi connectivity index (χ0n) is 9.05. The summed E-state index contributed by atoms with van der Waals surface area (Å²) in [5.74, 6) is -0.416. The molecule has 1 aliphatic rings. The summed E-state index contributed by atoms with van der Waals surface area (Å²) in [7, 11) is -3.37. The van der Waals surface area contributed by atoms with E-state index in [-0.39, 0.29) is 23.1 Å². The number of aliphatic imine (C=N–C) groups is 1. The molecule has 0 amide bonds. The zero-order chi connectivity index (χ0) is 12.5. The van der Waals surface area contributed by atoms with Crippen molar-refractivity contribution >= 4 is 14.9 Å². The van der Waals surface area contributed by atoms with E-state index in [0.29, 0.717) is 0 Å². The van der Waals surface area contributed by atoms with Gasteiger partial charge in [0.15, 0.2) is 11.6 Å². The molecule has 1 aromatic rings. The van der Waals surface area contributed by atoms with Crippen molar-refractivity contribution in [1.82, 2.24) is 0 Å². The Balaban J connectivity index is 2.09. The molecular formula is C11H10FNO3S. The van der Waals surface area contributed by atoms with Gasteiger partial charge in [0.05, 0.1) is 11.1 Å². The molecule has 0 aromatic heterocycles. The van der Waals surface area contributed by atoms with E-state index in [1.807, 2.05) is 0 Å². The van der Waals surface area contributed by atoms with Crippen molar-refractivity contribution in [3.05, 3.63) is 41.2 Å². The summed E-state index contributed by atoms with van der Waals surface area (Å²) in [6, 6.07) is 5.91. The van der Waals surface area contributed by atoms with E-state index in [1.165, 1.54) is 19.1 Å². The number of para-hydroxylation sites is 1. The van der Waals surface area contributed by atoms with E-state index in [2.05, 4.69) is 4.99 Å². The molecule has 1 heterocycles. The van der Waals surface area contributed by atoms with E-state index in [9.17, 15) is 12.8 Å². The number of sulfone groups is 1. The Morgan fingerprint density at radius 1 is 1.35 bits per heavy atom. The first-order chi connectivity index (χ1) is 7.99. The fourth-order valence-corrected chi connectivity index (χ4v) is 2.23. The molecule has 90 valence electrons. The summed E-state index contributed by atoms with van der Waals surface area (Å²) in [5.41, 5.74) is 0.269. The van der Waals surface area contributed by atoms with Crippen molar-refractivity contribution in [2.45, 2.75) is 6.92 Å². The SMILES string of the molecule is CC1=NC(COc2ccccc2F)=CS1(=O)=O. The fraction of sp³-hybridized carbons (Fsp3) is 0.182. The van der Waals surface area contributed by atoms with E-state index >= 15 is 0 Å². The minimum absolute atomic E-state index is 0.0321. The molecule has 0 fully saturated rings. The quantitative estimate of drug-likeness (QED) is 0.828. The summed E-state index contributed by atoms with van der Waals surface area (Å²) in [4.78, 5) is 3.83. The van der Waals surface area contributed by atoms with E-state index in [0.717, 1.165) is 5.41 Å². The number of halogens is 1. The van der Waals surface area contributed by atoms with Crippen LogP contribution in [0.2, 0.25) is 0 Å². The van der Waals surface area contributed by atoms with Crippen molar-refractivity contribution in [3.8, 4) is 5.75 Å². The van der Waals surface area contributed by atoms with Crippen molar-refractivity contribution in [1.29, 1.82) is 0 Å². The van der Waals surface area contributed by atoms with Crippen LogP contribution in [0.15, 0.2) is 40.4 Å². The number of hydrogen-bond acceptors (Lipinski definition) is 4.